The molecule has 0 saturated carbocycles. The van der Waals surface area contributed by atoms with Crippen LogP contribution in [0.4, 0.5) is 0 Å². The van der Waals surface area contributed by atoms with Gasteiger partial charge in [-0.1, -0.05) is 0 Å². The summed E-state index contributed by atoms with van der Waals surface area (Å²) in [5.74, 6) is -0.378. The molecule has 0 bridgehead atoms. The van der Waals surface area contributed by atoms with Crippen molar-refractivity contribution in [2.75, 3.05) is 13.2 Å². The van der Waals surface area contributed by atoms with E-state index in [1.807, 2.05) is 12.2 Å². The maximum absolute atomic E-state index is 10.0. The molecular formula is C13H16MnO9P-2. The number of aliphatic hydroxyl groups is 4. The quantitative estimate of drug-likeness (QED) is 0.130. The average molecular weight is 402 g/mol. The summed E-state index contributed by atoms with van der Waals surface area (Å²) in [7, 11) is -3.37. The minimum atomic E-state index is -3.37. The van der Waals surface area contributed by atoms with Gasteiger partial charge in [-0.2, -0.15) is 6.08 Å². The first-order valence-corrected chi connectivity index (χ1v) is 6.56. The van der Waals surface area contributed by atoms with Gasteiger partial charge in [0.15, 0.2) is 28.8 Å². The average Bonchev–Trinajstić information content (AvgIpc) is 3.07. The van der Waals surface area contributed by atoms with Gasteiger partial charge in [0, 0.05) is 0 Å². The summed E-state index contributed by atoms with van der Waals surface area (Å²) < 4.78 is 0. The van der Waals surface area contributed by atoms with Crippen molar-refractivity contribution in [3.8, 4) is 0 Å². The summed E-state index contributed by atoms with van der Waals surface area (Å²) >= 11 is 0. The third-order valence-corrected chi connectivity index (χ3v) is 2.23. The van der Waals surface area contributed by atoms with Crippen LogP contribution in [-0.2, 0) is 26.7 Å². The molecule has 136 valence electrons. The molecule has 0 atom stereocenters. The summed E-state index contributed by atoms with van der Waals surface area (Å²) in [4.78, 5) is 45.4. The number of allylic oxidation sites excluding steroid dienone is 4. The van der Waals surface area contributed by atoms with Crippen molar-refractivity contribution < 1.29 is 61.8 Å². The predicted octanol–water partition coefficient (Wildman–Crippen LogP) is -2.45. The molecule has 9 nitrogen and oxygen atoms in total. The van der Waals surface area contributed by atoms with Gasteiger partial charge in [-0.3, -0.25) is 6.08 Å². The molecule has 0 unspecified atom stereocenters. The fourth-order valence-electron chi connectivity index (χ4n) is 0.997. The Balaban J connectivity index is -0.000000150. The molecule has 0 aliphatic heterocycles. The first-order valence-electron chi connectivity index (χ1n) is 5.46. The number of aliphatic hydroxyl groups excluding tert-OH is 4. The van der Waals surface area contributed by atoms with Crippen molar-refractivity contribution >= 4 is 20.5 Å². The molecule has 0 fully saturated rings. The van der Waals surface area contributed by atoms with E-state index in [1.54, 1.807) is 0 Å². The van der Waals surface area contributed by atoms with Gasteiger partial charge >= 0.3 is 17.1 Å². The number of rotatable bonds is 4. The topological polar surface area (TPSA) is 184 Å². The van der Waals surface area contributed by atoms with E-state index >= 15 is 0 Å². The van der Waals surface area contributed by atoms with Crippen LogP contribution in [0.1, 0.15) is 6.42 Å². The second-order valence-electron chi connectivity index (χ2n) is 3.53. The number of hydrogen-bond donors (Lipinski definition) is 4. The molecule has 0 aromatic carbocycles. The van der Waals surface area contributed by atoms with Gasteiger partial charge in [-0.15, -0.1) is 6.42 Å². The zero-order valence-corrected chi connectivity index (χ0v) is 14.6. The molecule has 0 amide bonds. The zero-order chi connectivity index (χ0) is 17.6. The van der Waals surface area contributed by atoms with Crippen LogP contribution in [0.3, 0.4) is 0 Å². The monoisotopic (exact) mass is 402 g/mol. The fraction of sp³-hybridized carbons (Fsp3) is 0.308. The summed E-state index contributed by atoms with van der Waals surface area (Å²) in [6, 6.07) is 0. The van der Waals surface area contributed by atoms with E-state index in [1.165, 1.54) is 0 Å². The van der Waals surface area contributed by atoms with Crippen LogP contribution in [-0.4, -0.2) is 45.5 Å². The van der Waals surface area contributed by atoms with Crippen molar-refractivity contribution in [1.82, 2.24) is 0 Å². The molecule has 11 heteroatoms. The first-order chi connectivity index (χ1) is 10.3. The molecule has 1 rings (SSSR count). The molecule has 0 spiro atoms. The Labute approximate surface area is 151 Å². The molecule has 0 aromatic rings. The zero-order valence-electron chi connectivity index (χ0n) is 12.5. The van der Waals surface area contributed by atoms with E-state index in [0.717, 1.165) is 18.3 Å². The van der Waals surface area contributed by atoms with Crippen LogP contribution in [0.5, 0.6) is 0 Å². The summed E-state index contributed by atoms with van der Waals surface area (Å²) in [5, 5.41) is 35.2. The Bertz CT molecular complexity index is 435. The predicted molar refractivity (Wildman–Crippen MR) is 75.2 cm³/mol. The van der Waals surface area contributed by atoms with Gasteiger partial charge in [-0.25, -0.2) is 21.7 Å². The fourth-order valence-corrected chi connectivity index (χ4v) is 0.997. The summed E-state index contributed by atoms with van der Waals surface area (Å²) in [5.41, 5.74) is -2.19. The van der Waals surface area contributed by atoms with Crippen molar-refractivity contribution in [3.05, 3.63) is 43.2 Å². The van der Waals surface area contributed by atoms with Gasteiger partial charge in [0.1, 0.15) is 0 Å². The van der Waals surface area contributed by atoms with Crippen molar-refractivity contribution in [2.45, 2.75) is 6.42 Å². The SMILES string of the molecule is O=C=C(O)C(CO)(CO)C(O)=C=O.[C-]1=CC=CC1.[CH3-].[Mn+3].[O-]P([O-])[O-]. The first kappa shape index (κ1) is 30.6. The van der Waals surface area contributed by atoms with Gasteiger partial charge in [0.05, 0.1) is 13.2 Å². The van der Waals surface area contributed by atoms with Crippen LogP contribution in [0.15, 0.2) is 29.7 Å². The van der Waals surface area contributed by atoms with Crippen LogP contribution in [0.2, 0.25) is 0 Å². The molecule has 0 saturated heterocycles. The second kappa shape index (κ2) is 18.1. The number of carbonyl (C=O) groups excluding carboxylic acids is 2. The molecule has 4 N–H and O–H groups in total. The molecule has 0 aromatic heterocycles. The van der Waals surface area contributed by atoms with Crippen LogP contribution in [0.25, 0.3) is 0 Å². The van der Waals surface area contributed by atoms with Crippen LogP contribution < -0.4 is 14.7 Å². The van der Waals surface area contributed by atoms with Crippen molar-refractivity contribution in [1.29, 1.82) is 0 Å². The Morgan fingerprint density at radius 1 is 1.12 bits per heavy atom. The Kier molecular flexibility index (Phi) is 23.0. The Morgan fingerprint density at radius 3 is 1.62 bits per heavy atom. The molecule has 0 radical (unpaired) electrons. The minimum Gasteiger partial charge on any atom is -0.854 e. The van der Waals surface area contributed by atoms with E-state index in [2.05, 4.69) is 12.2 Å². The third kappa shape index (κ3) is 12.2. The summed E-state index contributed by atoms with van der Waals surface area (Å²) in [6.07, 6.45) is 10.0. The van der Waals surface area contributed by atoms with Crippen LogP contribution in [0, 0.1) is 18.9 Å². The van der Waals surface area contributed by atoms with E-state index in [-0.39, 0.29) is 24.5 Å². The smallest absolute Gasteiger partial charge is 0.854 e. The van der Waals surface area contributed by atoms with Gasteiger partial charge in [0.2, 0.25) is 0 Å². The van der Waals surface area contributed by atoms with Gasteiger partial charge in [0.25, 0.3) is 0 Å². The van der Waals surface area contributed by atoms with E-state index in [9.17, 15) is 9.59 Å². The number of hydrogen-bond acceptors (Lipinski definition) is 9. The molecule has 1 aliphatic carbocycles. The second-order valence-corrected chi connectivity index (χ2v) is 3.97. The van der Waals surface area contributed by atoms with Crippen LogP contribution >= 0.6 is 8.60 Å². The normalized spacial score (nSPS) is 10.6. The Morgan fingerprint density at radius 2 is 1.50 bits per heavy atom. The molecule has 1 aliphatic rings. The molecular weight excluding hydrogens is 386 g/mol. The molecule has 24 heavy (non-hydrogen) atoms. The minimum absolute atomic E-state index is 0. The van der Waals surface area contributed by atoms with Crippen molar-refractivity contribution in [2.24, 2.45) is 5.41 Å². The third-order valence-electron chi connectivity index (χ3n) is 2.23. The maximum atomic E-state index is 10.0. The van der Waals surface area contributed by atoms with Gasteiger partial charge < -0.3 is 51.1 Å². The maximum Gasteiger partial charge on any atom is 3.00 e. The summed E-state index contributed by atoms with van der Waals surface area (Å²) in [6.45, 7) is -2.02. The van der Waals surface area contributed by atoms with Crippen molar-refractivity contribution in [3.63, 3.8) is 0 Å². The molecule has 0 heterocycles. The van der Waals surface area contributed by atoms with Gasteiger partial charge in [-0.05, 0) is 0 Å². The van der Waals surface area contributed by atoms with E-state index in [0.29, 0.717) is 0 Å². The Hall–Kier alpha value is -1.27. The van der Waals surface area contributed by atoms with E-state index < -0.39 is 38.7 Å². The standard InChI is InChI=1S/C7H8O6.C5H5.CH3.Mn.O3P/c8-1-5(12)7(3-10,4-11)6(13)2-9;1-2-4-5-3-1;;;1-4(2)3/h10-13H,3-4H2;1-3H,4H2;1H3;;/q;2*-1;+3;-3. The largest absolute Gasteiger partial charge is 3.00 e. The van der Waals surface area contributed by atoms with E-state index in [4.69, 9.17) is 35.1 Å².